The maximum absolute atomic E-state index is 5.07. The molecule has 0 spiro atoms. The largest absolute Gasteiger partial charge is 0.493 e. The van der Waals surface area contributed by atoms with Crippen molar-refractivity contribution >= 4 is 0 Å². The fourth-order valence-electron chi connectivity index (χ4n) is 0.751. The Morgan fingerprint density at radius 1 is 1.64 bits per heavy atom. The average Bonchev–Trinajstić information content (AvgIpc) is 2.50. The van der Waals surface area contributed by atoms with Gasteiger partial charge in [0.1, 0.15) is 0 Å². The summed E-state index contributed by atoms with van der Waals surface area (Å²) < 4.78 is 15.0. The lowest BCUT2D eigenvalue weighted by Gasteiger charge is -2.02. The number of rotatable bonds is 3. The second-order valence-corrected chi connectivity index (χ2v) is 1.93. The highest BCUT2D eigenvalue weighted by atomic mass is 16.7. The van der Waals surface area contributed by atoms with Gasteiger partial charge in [-0.25, -0.2) is 0 Å². The van der Waals surface area contributed by atoms with Gasteiger partial charge >= 0.3 is 0 Å². The molecule has 3 nitrogen and oxygen atoms in total. The van der Waals surface area contributed by atoms with E-state index in [1.54, 1.807) is 6.08 Å². The van der Waals surface area contributed by atoms with Crippen molar-refractivity contribution in [2.45, 2.75) is 0 Å². The van der Waals surface area contributed by atoms with Gasteiger partial charge in [-0.15, -0.1) is 0 Å². The normalized spacial score (nSPS) is 15.4. The zero-order chi connectivity index (χ0) is 8.27. The van der Waals surface area contributed by atoms with E-state index in [0.717, 1.165) is 0 Å². The van der Waals surface area contributed by atoms with Crippen LogP contribution in [-0.2, 0) is 14.2 Å². The van der Waals surface area contributed by atoms with Crippen molar-refractivity contribution in [3.63, 3.8) is 0 Å². The lowest BCUT2D eigenvalue weighted by molar-refractivity contribution is 0.0700. The Bertz CT molecular complexity index is 215. The Labute approximate surface area is 65.6 Å². The van der Waals surface area contributed by atoms with Crippen LogP contribution in [0.15, 0.2) is 36.5 Å². The van der Waals surface area contributed by atoms with E-state index >= 15 is 0 Å². The molecule has 1 aliphatic heterocycles. The quantitative estimate of drug-likeness (QED) is 0.577. The van der Waals surface area contributed by atoms with Crippen molar-refractivity contribution < 1.29 is 14.2 Å². The van der Waals surface area contributed by atoms with Gasteiger partial charge in [0.2, 0.25) is 12.6 Å². The highest BCUT2D eigenvalue weighted by molar-refractivity contribution is 5.28. The Hall–Kier alpha value is -1.38. The SMILES string of the molecule is C=CC1=C(C(=C)OC)OCO1. The van der Waals surface area contributed by atoms with E-state index in [4.69, 9.17) is 14.2 Å². The van der Waals surface area contributed by atoms with E-state index < -0.39 is 0 Å². The fraction of sp³-hybridized carbons (Fsp3) is 0.250. The highest BCUT2D eigenvalue weighted by Crippen LogP contribution is 2.22. The first-order valence-electron chi connectivity index (χ1n) is 3.15. The average molecular weight is 154 g/mol. The number of hydrogen-bond donors (Lipinski definition) is 0. The lowest BCUT2D eigenvalue weighted by Crippen LogP contribution is -1.92. The standard InChI is InChI=1S/C8H10O3/c1-4-7-8(6(2)9-3)11-5-10-7/h4H,1-2,5H2,3H3. The van der Waals surface area contributed by atoms with Crippen molar-refractivity contribution in [3.8, 4) is 0 Å². The van der Waals surface area contributed by atoms with Crippen LogP contribution >= 0.6 is 0 Å². The van der Waals surface area contributed by atoms with E-state index in [-0.39, 0.29) is 6.79 Å². The Balaban J connectivity index is 2.82. The molecule has 0 amide bonds. The van der Waals surface area contributed by atoms with Crippen LogP contribution in [0.2, 0.25) is 0 Å². The fourth-order valence-corrected chi connectivity index (χ4v) is 0.751. The molecule has 0 atom stereocenters. The van der Waals surface area contributed by atoms with Gasteiger partial charge in [-0.05, 0) is 6.08 Å². The molecule has 0 fully saturated rings. The molecule has 0 saturated carbocycles. The number of allylic oxidation sites excluding steroid dienone is 1. The molecule has 11 heavy (non-hydrogen) atoms. The molecule has 0 aliphatic carbocycles. The summed E-state index contributed by atoms with van der Waals surface area (Å²) in [5, 5.41) is 0. The molecule has 0 radical (unpaired) electrons. The molecule has 0 aromatic rings. The van der Waals surface area contributed by atoms with Crippen LogP contribution in [0.4, 0.5) is 0 Å². The molecular weight excluding hydrogens is 144 g/mol. The third-order valence-corrected chi connectivity index (χ3v) is 1.33. The van der Waals surface area contributed by atoms with Crippen molar-refractivity contribution in [2.75, 3.05) is 13.9 Å². The minimum atomic E-state index is 0.207. The third kappa shape index (κ3) is 1.37. The number of ether oxygens (including phenoxy) is 3. The van der Waals surface area contributed by atoms with Gasteiger partial charge in [-0.2, -0.15) is 0 Å². The van der Waals surface area contributed by atoms with Gasteiger partial charge in [0.15, 0.2) is 11.5 Å². The summed E-state index contributed by atoms with van der Waals surface area (Å²) in [5.74, 6) is 1.57. The first-order chi connectivity index (χ1) is 5.29. The molecule has 0 aromatic heterocycles. The van der Waals surface area contributed by atoms with Crippen LogP contribution in [0.3, 0.4) is 0 Å². The molecule has 1 rings (SSSR count). The number of methoxy groups -OCH3 is 1. The van der Waals surface area contributed by atoms with Crippen LogP contribution in [0, 0.1) is 0 Å². The molecule has 0 bridgehead atoms. The topological polar surface area (TPSA) is 27.7 Å². The van der Waals surface area contributed by atoms with Crippen molar-refractivity contribution in [2.24, 2.45) is 0 Å². The Morgan fingerprint density at radius 2 is 2.36 bits per heavy atom. The van der Waals surface area contributed by atoms with Crippen LogP contribution in [0.25, 0.3) is 0 Å². The second kappa shape index (κ2) is 3.14. The van der Waals surface area contributed by atoms with E-state index in [1.165, 1.54) is 7.11 Å². The summed E-state index contributed by atoms with van der Waals surface area (Å²) in [4.78, 5) is 0. The van der Waals surface area contributed by atoms with Crippen molar-refractivity contribution in [1.29, 1.82) is 0 Å². The summed E-state index contributed by atoms with van der Waals surface area (Å²) in [6.07, 6.45) is 1.56. The van der Waals surface area contributed by atoms with Crippen LogP contribution in [-0.4, -0.2) is 13.9 Å². The Morgan fingerprint density at radius 3 is 2.91 bits per heavy atom. The van der Waals surface area contributed by atoms with E-state index in [0.29, 0.717) is 17.3 Å². The summed E-state index contributed by atoms with van der Waals surface area (Å²) in [6.45, 7) is 7.38. The van der Waals surface area contributed by atoms with Gasteiger partial charge in [0, 0.05) is 0 Å². The van der Waals surface area contributed by atoms with Crippen LogP contribution in [0.5, 0.6) is 0 Å². The summed E-state index contributed by atoms with van der Waals surface area (Å²) in [6, 6.07) is 0. The van der Waals surface area contributed by atoms with E-state index in [2.05, 4.69) is 13.2 Å². The third-order valence-electron chi connectivity index (χ3n) is 1.33. The molecule has 0 unspecified atom stereocenters. The monoisotopic (exact) mass is 154 g/mol. The maximum Gasteiger partial charge on any atom is 0.231 e. The lowest BCUT2D eigenvalue weighted by atomic mass is 10.3. The van der Waals surface area contributed by atoms with Crippen molar-refractivity contribution in [3.05, 3.63) is 36.5 Å². The van der Waals surface area contributed by atoms with E-state index in [9.17, 15) is 0 Å². The number of hydrogen-bond acceptors (Lipinski definition) is 3. The maximum atomic E-state index is 5.07. The summed E-state index contributed by atoms with van der Waals surface area (Å²) >= 11 is 0. The molecule has 60 valence electrons. The predicted molar refractivity (Wildman–Crippen MR) is 40.4 cm³/mol. The molecule has 1 aliphatic rings. The van der Waals surface area contributed by atoms with E-state index in [1.807, 2.05) is 0 Å². The minimum Gasteiger partial charge on any atom is -0.493 e. The summed E-state index contributed by atoms with van der Waals surface area (Å²) in [5.41, 5.74) is 0. The Kier molecular flexibility index (Phi) is 2.21. The highest BCUT2D eigenvalue weighted by Gasteiger charge is 2.17. The molecule has 0 saturated heterocycles. The van der Waals surface area contributed by atoms with Gasteiger partial charge in [0.25, 0.3) is 0 Å². The zero-order valence-electron chi connectivity index (χ0n) is 6.42. The second-order valence-electron chi connectivity index (χ2n) is 1.93. The first kappa shape index (κ1) is 7.72. The van der Waals surface area contributed by atoms with Crippen LogP contribution in [0.1, 0.15) is 0 Å². The molecule has 1 heterocycles. The minimum absolute atomic E-state index is 0.207. The molecule has 0 N–H and O–H groups in total. The predicted octanol–water partition coefficient (Wildman–Crippen LogP) is 1.55. The summed E-state index contributed by atoms with van der Waals surface area (Å²) in [7, 11) is 1.53. The molecule has 3 heteroatoms. The van der Waals surface area contributed by atoms with Gasteiger partial charge in [-0.3, -0.25) is 0 Å². The van der Waals surface area contributed by atoms with Gasteiger partial charge in [-0.1, -0.05) is 13.2 Å². The smallest absolute Gasteiger partial charge is 0.231 e. The first-order valence-corrected chi connectivity index (χ1v) is 3.15. The zero-order valence-corrected chi connectivity index (χ0v) is 6.42. The molecular formula is C8H10O3. The van der Waals surface area contributed by atoms with Crippen molar-refractivity contribution in [1.82, 2.24) is 0 Å². The van der Waals surface area contributed by atoms with Gasteiger partial charge < -0.3 is 14.2 Å². The van der Waals surface area contributed by atoms with Gasteiger partial charge in [0.05, 0.1) is 7.11 Å². The molecule has 0 aromatic carbocycles. The van der Waals surface area contributed by atoms with Crippen LogP contribution < -0.4 is 0 Å².